The monoisotopic (exact) mass is 598 g/mol. The molecule has 0 saturated carbocycles. The Morgan fingerprint density at radius 2 is 1.88 bits per heavy atom. The molecule has 1 fully saturated rings. The van der Waals surface area contributed by atoms with Crippen molar-refractivity contribution in [1.82, 2.24) is 9.29 Å². The molecule has 0 radical (unpaired) electrons. The standard InChI is InChI=1S/C28H27ClN4O7S/c29-19-12-22-24(23(13-19)31-14-17-6-8-18(9-7-17)28(35)36)32-25(27(30)34)26(22)41(37,38)33-10-11-39-21(15-33)16-40-20-4-2-1-3-5-20/h1-9,12-13,21,31-32H,10-11,14-16H2,(H2,30,34)(H,35,36)/t21-/m0/s1. The van der Waals surface area contributed by atoms with Crippen LogP contribution in [0.25, 0.3) is 10.9 Å². The average molecular weight is 599 g/mol. The van der Waals surface area contributed by atoms with Crippen molar-refractivity contribution in [3.8, 4) is 5.75 Å². The second-order valence-electron chi connectivity index (χ2n) is 9.40. The van der Waals surface area contributed by atoms with Crippen LogP contribution in [0.5, 0.6) is 5.75 Å². The second kappa shape index (κ2) is 11.8. The highest BCUT2D eigenvalue weighted by molar-refractivity contribution is 7.89. The van der Waals surface area contributed by atoms with Gasteiger partial charge in [-0.15, -0.1) is 0 Å². The predicted molar refractivity (Wildman–Crippen MR) is 153 cm³/mol. The minimum atomic E-state index is -4.23. The summed E-state index contributed by atoms with van der Waals surface area (Å²) in [5.41, 5.74) is 7.07. The number of halogens is 1. The number of aromatic amines is 1. The van der Waals surface area contributed by atoms with E-state index >= 15 is 0 Å². The van der Waals surface area contributed by atoms with Crippen LogP contribution in [0.2, 0.25) is 5.02 Å². The smallest absolute Gasteiger partial charge is 0.335 e. The zero-order chi connectivity index (χ0) is 29.1. The summed E-state index contributed by atoms with van der Waals surface area (Å²) in [7, 11) is -4.23. The second-order valence-corrected chi connectivity index (χ2v) is 11.7. The first-order chi connectivity index (χ1) is 19.6. The molecule has 3 aromatic carbocycles. The zero-order valence-electron chi connectivity index (χ0n) is 21.7. The van der Waals surface area contributed by atoms with Crippen molar-refractivity contribution in [3.63, 3.8) is 0 Å². The number of hydrogen-bond acceptors (Lipinski definition) is 7. The number of benzene rings is 3. The van der Waals surface area contributed by atoms with E-state index in [1.165, 1.54) is 22.5 Å². The molecule has 1 atom stereocenters. The van der Waals surface area contributed by atoms with E-state index in [2.05, 4.69) is 10.3 Å². The molecule has 1 aliphatic rings. The highest BCUT2D eigenvalue weighted by Crippen LogP contribution is 2.36. The maximum atomic E-state index is 14.0. The number of para-hydroxylation sites is 1. The highest BCUT2D eigenvalue weighted by atomic mass is 35.5. The van der Waals surface area contributed by atoms with Crippen molar-refractivity contribution in [2.45, 2.75) is 17.5 Å². The number of hydrogen-bond donors (Lipinski definition) is 4. The lowest BCUT2D eigenvalue weighted by molar-refractivity contribution is -0.0249. The molecule has 41 heavy (non-hydrogen) atoms. The fraction of sp³-hybridized carbons (Fsp3) is 0.214. The third-order valence-electron chi connectivity index (χ3n) is 6.63. The highest BCUT2D eigenvalue weighted by Gasteiger charge is 2.36. The number of aromatic nitrogens is 1. The van der Waals surface area contributed by atoms with Crippen molar-refractivity contribution in [2.24, 2.45) is 5.73 Å². The Bertz CT molecular complexity index is 1690. The Balaban J connectivity index is 1.43. The van der Waals surface area contributed by atoms with Crippen molar-refractivity contribution in [1.29, 1.82) is 0 Å². The lowest BCUT2D eigenvalue weighted by Crippen LogP contribution is -2.47. The van der Waals surface area contributed by atoms with E-state index in [0.717, 1.165) is 5.56 Å². The van der Waals surface area contributed by atoms with Gasteiger partial charge in [-0.3, -0.25) is 4.79 Å². The third-order valence-corrected chi connectivity index (χ3v) is 8.80. The van der Waals surface area contributed by atoms with Crippen LogP contribution < -0.4 is 15.8 Å². The van der Waals surface area contributed by atoms with E-state index in [4.69, 9.17) is 31.9 Å². The van der Waals surface area contributed by atoms with Crippen LogP contribution in [0, 0.1) is 0 Å². The van der Waals surface area contributed by atoms with Crippen LogP contribution >= 0.6 is 11.6 Å². The van der Waals surface area contributed by atoms with E-state index in [9.17, 15) is 18.0 Å². The van der Waals surface area contributed by atoms with E-state index in [-0.39, 0.29) is 59.4 Å². The van der Waals surface area contributed by atoms with Gasteiger partial charge in [0.1, 0.15) is 29.0 Å². The molecular weight excluding hydrogens is 572 g/mol. The van der Waals surface area contributed by atoms with Gasteiger partial charge in [0.2, 0.25) is 10.0 Å². The van der Waals surface area contributed by atoms with Gasteiger partial charge in [-0.05, 0) is 42.0 Å². The largest absolute Gasteiger partial charge is 0.491 e. The molecule has 1 aliphatic heterocycles. The Morgan fingerprint density at radius 1 is 1.15 bits per heavy atom. The number of rotatable bonds is 10. The van der Waals surface area contributed by atoms with Crippen molar-refractivity contribution < 1.29 is 32.6 Å². The number of carboxylic acids is 1. The number of nitrogens with two attached hydrogens (primary N) is 1. The van der Waals surface area contributed by atoms with Crippen molar-refractivity contribution in [2.75, 3.05) is 31.6 Å². The number of amides is 1. The summed E-state index contributed by atoms with van der Waals surface area (Å²) in [6.45, 7) is 0.643. The topological polar surface area (TPSA) is 164 Å². The number of nitrogens with zero attached hydrogens (tertiary/aromatic N) is 1. The number of ether oxygens (including phenoxy) is 2. The quantitative estimate of drug-likeness (QED) is 0.215. The Labute approximate surface area is 240 Å². The first-order valence-corrected chi connectivity index (χ1v) is 14.5. The molecule has 0 bridgehead atoms. The molecule has 11 nitrogen and oxygen atoms in total. The number of sulfonamides is 1. The van der Waals surface area contributed by atoms with Gasteiger partial charge in [0.05, 0.1) is 23.4 Å². The minimum absolute atomic E-state index is 0.0120. The number of H-pyrrole nitrogens is 1. The molecule has 214 valence electrons. The average Bonchev–Trinajstić information content (AvgIpc) is 3.36. The molecule has 0 aliphatic carbocycles. The lowest BCUT2D eigenvalue weighted by atomic mass is 10.1. The summed E-state index contributed by atoms with van der Waals surface area (Å²) in [5, 5.41) is 12.7. The number of aromatic carboxylic acids is 1. The van der Waals surface area contributed by atoms with Gasteiger partial charge in [-0.1, -0.05) is 41.9 Å². The molecule has 1 amide bonds. The molecular formula is C28H27ClN4O7S. The maximum Gasteiger partial charge on any atom is 0.335 e. The van der Waals surface area contributed by atoms with E-state index in [1.54, 1.807) is 30.3 Å². The predicted octanol–water partition coefficient (Wildman–Crippen LogP) is 3.70. The molecule has 1 aromatic heterocycles. The van der Waals surface area contributed by atoms with Crippen LogP contribution in [-0.2, 0) is 21.3 Å². The van der Waals surface area contributed by atoms with E-state index in [1.807, 2.05) is 18.2 Å². The Kier molecular flexibility index (Phi) is 8.18. The van der Waals surface area contributed by atoms with Crippen LogP contribution in [-0.4, -0.2) is 67.1 Å². The molecule has 1 saturated heterocycles. The summed E-state index contributed by atoms with van der Waals surface area (Å²) in [5.74, 6) is -1.34. The summed E-state index contributed by atoms with van der Waals surface area (Å²) >= 11 is 6.40. The van der Waals surface area contributed by atoms with E-state index in [0.29, 0.717) is 17.0 Å². The van der Waals surface area contributed by atoms with Gasteiger partial charge in [0.15, 0.2) is 0 Å². The Morgan fingerprint density at radius 3 is 2.56 bits per heavy atom. The maximum absolute atomic E-state index is 14.0. The minimum Gasteiger partial charge on any atom is -0.491 e. The number of morpholine rings is 1. The van der Waals surface area contributed by atoms with Gasteiger partial charge < -0.3 is 30.6 Å². The van der Waals surface area contributed by atoms with Crippen LogP contribution in [0.15, 0.2) is 71.6 Å². The van der Waals surface area contributed by atoms with Gasteiger partial charge in [0, 0.05) is 30.0 Å². The number of carbonyl (C=O) groups is 2. The van der Waals surface area contributed by atoms with Gasteiger partial charge >= 0.3 is 5.97 Å². The zero-order valence-corrected chi connectivity index (χ0v) is 23.2. The van der Waals surface area contributed by atoms with Crippen LogP contribution in [0.3, 0.4) is 0 Å². The Hall–Kier alpha value is -4.10. The number of carbonyl (C=O) groups excluding carboxylic acids is 1. The van der Waals surface area contributed by atoms with E-state index < -0.39 is 28.0 Å². The number of primary amides is 1. The first-order valence-electron chi connectivity index (χ1n) is 12.6. The number of carboxylic acid groups (broad SMARTS) is 1. The molecule has 0 spiro atoms. The molecule has 5 rings (SSSR count). The first kappa shape index (κ1) is 28.4. The third kappa shape index (κ3) is 6.15. The summed E-state index contributed by atoms with van der Waals surface area (Å²) < 4.78 is 40.7. The molecule has 5 N–H and O–H groups in total. The normalized spacial score (nSPS) is 16.0. The van der Waals surface area contributed by atoms with Crippen molar-refractivity contribution in [3.05, 3.63) is 88.6 Å². The van der Waals surface area contributed by atoms with Crippen molar-refractivity contribution >= 4 is 50.1 Å². The lowest BCUT2D eigenvalue weighted by Gasteiger charge is -2.32. The number of fused-ring (bicyclic) bond motifs is 1. The molecule has 4 aromatic rings. The SMILES string of the molecule is NC(=O)c1[nH]c2c(NCc3ccc(C(=O)O)cc3)cc(Cl)cc2c1S(=O)(=O)N1CCO[C@H](COc2ccccc2)C1. The fourth-order valence-corrected chi connectivity index (χ4v) is 6.63. The molecule has 2 heterocycles. The van der Waals surface area contributed by atoms with Gasteiger partial charge in [-0.2, -0.15) is 4.31 Å². The number of nitrogens with one attached hydrogen (secondary N) is 2. The molecule has 13 heteroatoms. The number of anilines is 1. The fourth-order valence-electron chi connectivity index (χ4n) is 4.63. The molecule has 0 unspecified atom stereocenters. The van der Waals surface area contributed by atoms with Gasteiger partial charge in [-0.25, -0.2) is 13.2 Å². The summed E-state index contributed by atoms with van der Waals surface area (Å²) in [6, 6.07) is 18.5. The summed E-state index contributed by atoms with van der Waals surface area (Å²) in [6.07, 6.45) is -0.533. The van der Waals surface area contributed by atoms with Gasteiger partial charge in [0.25, 0.3) is 5.91 Å². The van der Waals surface area contributed by atoms with Crippen LogP contribution in [0.1, 0.15) is 26.4 Å². The van der Waals surface area contributed by atoms with Crippen LogP contribution in [0.4, 0.5) is 5.69 Å². The summed E-state index contributed by atoms with van der Waals surface area (Å²) in [4.78, 5) is 26.2.